The first kappa shape index (κ1) is 42.8. The molecular formula is C56H32F6N6O. The van der Waals surface area contributed by atoms with Crippen LogP contribution in [0.15, 0.2) is 199 Å². The molecule has 11 rings (SSSR count). The van der Waals surface area contributed by atoms with E-state index >= 15 is 0 Å². The number of fused-ring (bicyclic) bond motifs is 3. The van der Waals surface area contributed by atoms with Crippen LogP contribution in [0.1, 0.15) is 11.1 Å². The van der Waals surface area contributed by atoms with E-state index in [1.54, 1.807) is 0 Å². The Morgan fingerprint density at radius 1 is 0.261 bits per heavy atom. The summed E-state index contributed by atoms with van der Waals surface area (Å²) in [5, 5.41) is 1.77. The van der Waals surface area contributed by atoms with Crippen LogP contribution in [-0.2, 0) is 12.4 Å². The number of aromatic nitrogens is 6. The van der Waals surface area contributed by atoms with Gasteiger partial charge >= 0.3 is 12.4 Å². The smallest absolute Gasteiger partial charge is 0.416 e. The van der Waals surface area contributed by atoms with Gasteiger partial charge < -0.3 is 4.42 Å². The molecule has 0 radical (unpaired) electrons. The Balaban J connectivity index is 0.946. The van der Waals surface area contributed by atoms with E-state index < -0.39 is 23.5 Å². The van der Waals surface area contributed by atoms with Gasteiger partial charge in [0.15, 0.2) is 34.9 Å². The molecule has 69 heavy (non-hydrogen) atoms. The number of furan rings is 1. The molecule has 11 aromatic rings. The number of hydrogen-bond acceptors (Lipinski definition) is 7. The third-order valence-corrected chi connectivity index (χ3v) is 11.7. The normalized spacial score (nSPS) is 11.9. The maximum atomic E-state index is 13.4. The molecule has 7 nitrogen and oxygen atoms in total. The highest BCUT2D eigenvalue weighted by Gasteiger charge is 2.31. The Bertz CT molecular complexity index is 3450. The second-order valence-corrected chi connectivity index (χ2v) is 16.2. The number of rotatable bonds is 8. The number of halogens is 6. The van der Waals surface area contributed by atoms with Gasteiger partial charge in [-0.2, -0.15) is 26.3 Å². The van der Waals surface area contributed by atoms with Crippen LogP contribution in [0.4, 0.5) is 26.3 Å². The summed E-state index contributed by atoms with van der Waals surface area (Å²) in [7, 11) is 0. The van der Waals surface area contributed by atoms with Crippen LogP contribution >= 0.6 is 0 Å². The van der Waals surface area contributed by atoms with Crippen LogP contribution < -0.4 is 0 Å². The Kier molecular flexibility index (Phi) is 10.6. The summed E-state index contributed by atoms with van der Waals surface area (Å²) < 4.78 is 86.9. The van der Waals surface area contributed by atoms with Crippen molar-refractivity contribution in [2.24, 2.45) is 0 Å². The summed E-state index contributed by atoms with van der Waals surface area (Å²) in [5.74, 6) is 1.93. The van der Waals surface area contributed by atoms with Crippen molar-refractivity contribution in [2.45, 2.75) is 12.4 Å². The third-order valence-electron chi connectivity index (χ3n) is 11.7. The van der Waals surface area contributed by atoms with Gasteiger partial charge in [0.25, 0.3) is 0 Å². The number of alkyl halides is 6. The predicted molar refractivity (Wildman–Crippen MR) is 254 cm³/mol. The summed E-state index contributed by atoms with van der Waals surface area (Å²) >= 11 is 0. The molecule has 3 aromatic heterocycles. The standard InChI is InChI=1S/C56H32F6N6O/c57-55(58,59)43-23-17-35(18-24-43)51-63-49(33-9-3-1-4-10-33)65-53(67-51)41-15-7-13-37(29-41)39-21-27-47-45(31-39)46-32-40(22-28-48(46)69-47)38-14-8-16-42(30-38)54-66-50(34-11-5-2-6-12-34)64-52(68-54)36-19-25-44(26-20-36)56(60,61)62/h1-32H. The minimum Gasteiger partial charge on any atom is -0.456 e. The number of benzene rings is 8. The lowest BCUT2D eigenvalue weighted by atomic mass is 9.98. The highest BCUT2D eigenvalue weighted by molar-refractivity contribution is 6.07. The van der Waals surface area contributed by atoms with E-state index in [4.69, 9.17) is 24.4 Å². The van der Waals surface area contributed by atoms with E-state index in [1.807, 2.05) is 133 Å². The highest BCUT2D eigenvalue weighted by Crippen LogP contribution is 2.38. The molecule has 0 aliphatic carbocycles. The van der Waals surface area contributed by atoms with Gasteiger partial charge in [-0.15, -0.1) is 0 Å². The fourth-order valence-electron chi connectivity index (χ4n) is 8.13. The first-order valence-electron chi connectivity index (χ1n) is 21.6. The molecule has 13 heteroatoms. The van der Waals surface area contributed by atoms with E-state index in [-0.39, 0.29) is 11.6 Å². The van der Waals surface area contributed by atoms with Gasteiger partial charge in [-0.25, -0.2) is 29.9 Å². The number of nitrogens with zero attached hydrogens (tertiary/aromatic N) is 6. The van der Waals surface area contributed by atoms with E-state index in [2.05, 4.69) is 22.1 Å². The Labute approximate surface area is 389 Å². The quantitative estimate of drug-likeness (QED) is 0.140. The molecule has 0 aliphatic rings. The molecule has 0 unspecified atom stereocenters. The lowest BCUT2D eigenvalue weighted by molar-refractivity contribution is -0.138. The van der Waals surface area contributed by atoms with Crippen molar-refractivity contribution in [1.29, 1.82) is 0 Å². The Hall–Kier alpha value is -8.84. The minimum absolute atomic E-state index is 0.235. The van der Waals surface area contributed by atoms with Crippen LogP contribution in [0, 0.1) is 0 Å². The van der Waals surface area contributed by atoms with Crippen LogP contribution in [0.25, 0.3) is 113 Å². The maximum Gasteiger partial charge on any atom is 0.416 e. The van der Waals surface area contributed by atoms with E-state index in [9.17, 15) is 26.3 Å². The van der Waals surface area contributed by atoms with Crippen LogP contribution in [0.3, 0.4) is 0 Å². The van der Waals surface area contributed by atoms with E-state index in [0.29, 0.717) is 56.7 Å². The van der Waals surface area contributed by atoms with Crippen molar-refractivity contribution < 1.29 is 30.8 Å². The molecule has 8 aromatic carbocycles. The molecule has 0 fully saturated rings. The molecule has 0 saturated carbocycles. The molecule has 0 saturated heterocycles. The van der Waals surface area contributed by atoms with Gasteiger partial charge in [0.05, 0.1) is 11.1 Å². The zero-order chi connectivity index (χ0) is 47.3. The second kappa shape index (κ2) is 17.1. The zero-order valence-electron chi connectivity index (χ0n) is 35.8. The van der Waals surface area contributed by atoms with Crippen molar-refractivity contribution in [3.8, 4) is 90.6 Å². The van der Waals surface area contributed by atoms with Crippen molar-refractivity contribution >= 4 is 21.9 Å². The molecule has 0 bridgehead atoms. The monoisotopic (exact) mass is 918 g/mol. The molecule has 0 amide bonds. The van der Waals surface area contributed by atoms with Crippen molar-refractivity contribution in [3.63, 3.8) is 0 Å². The Morgan fingerprint density at radius 3 is 0.884 bits per heavy atom. The predicted octanol–water partition coefficient (Wildman–Crippen LogP) is 15.3. The first-order valence-corrected chi connectivity index (χ1v) is 21.6. The second-order valence-electron chi connectivity index (χ2n) is 16.2. The summed E-state index contributed by atoms with van der Waals surface area (Å²) in [6.07, 6.45) is -8.97. The van der Waals surface area contributed by atoms with Gasteiger partial charge in [-0.3, -0.25) is 0 Å². The third kappa shape index (κ3) is 8.69. The first-order chi connectivity index (χ1) is 33.4. The summed E-state index contributed by atoms with van der Waals surface area (Å²) in [6.45, 7) is 0. The zero-order valence-corrected chi connectivity index (χ0v) is 35.8. The highest BCUT2D eigenvalue weighted by atomic mass is 19.4. The molecule has 0 spiro atoms. The SMILES string of the molecule is FC(F)(F)c1ccc(-c2nc(-c3ccccc3)nc(-c3cccc(-c4ccc5oc6ccc(-c7cccc(-c8nc(-c9ccccc9)nc(-c9ccc(C(F)(F)F)cc9)n8)c7)cc6c5c4)c3)n2)cc1. The summed E-state index contributed by atoms with van der Waals surface area (Å²) in [5.41, 5.74) is 7.01. The average Bonchev–Trinajstić information content (AvgIpc) is 3.76. The van der Waals surface area contributed by atoms with Gasteiger partial charge in [0.1, 0.15) is 11.2 Å². The minimum atomic E-state index is -4.48. The molecular weight excluding hydrogens is 887 g/mol. The van der Waals surface area contributed by atoms with Crippen LogP contribution in [0.5, 0.6) is 0 Å². The van der Waals surface area contributed by atoms with E-state index in [1.165, 1.54) is 24.3 Å². The molecule has 0 atom stereocenters. The molecule has 0 aliphatic heterocycles. The average molecular weight is 919 g/mol. The number of hydrogen-bond donors (Lipinski definition) is 0. The Morgan fingerprint density at radius 2 is 0.536 bits per heavy atom. The molecule has 3 heterocycles. The van der Waals surface area contributed by atoms with Gasteiger partial charge in [-0.1, -0.05) is 133 Å². The van der Waals surface area contributed by atoms with Gasteiger partial charge in [0.2, 0.25) is 0 Å². The summed E-state index contributed by atoms with van der Waals surface area (Å²) in [6, 6.07) is 55.5. The lowest BCUT2D eigenvalue weighted by Crippen LogP contribution is -2.05. The fourth-order valence-corrected chi connectivity index (χ4v) is 8.13. The fraction of sp³-hybridized carbons (Fsp3) is 0.0357. The van der Waals surface area contributed by atoms with Crippen molar-refractivity contribution in [2.75, 3.05) is 0 Å². The van der Waals surface area contributed by atoms with Crippen LogP contribution in [0.2, 0.25) is 0 Å². The maximum absolute atomic E-state index is 13.4. The van der Waals surface area contributed by atoms with Gasteiger partial charge in [-0.05, 0) is 82.9 Å². The topological polar surface area (TPSA) is 90.5 Å². The molecule has 0 N–H and O–H groups in total. The summed E-state index contributed by atoms with van der Waals surface area (Å²) in [4.78, 5) is 28.5. The van der Waals surface area contributed by atoms with Gasteiger partial charge in [0, 0.05) is 44.2 Å². The van der Waals surface area contributed by atoms with Crippen molar-refractivity contribution in [3.05, 3.63) is 205 Å². The van der Waals surface area contributed by atoms with Crippen LogP contribution in [-0.4, -0.2) is 29.9 Å². The van der Waals surface area contributed by atoms with E-state index in [0.717, 1.165) is 68.4 Å². The largest absolute Gasteiger partial charge is 0.456 e. The van der Waals surface area contributed by atoms with Crippen molar-refractivity contribution in [1.82, 2.24) is 29.9 Å². The lowest BCUT2D eigenvalue weighted by Gasteiger charge is -2.11. The molecule has 334 valence electrons.